The van der Waals surface area contributed by atoms with Crippen LogP contribution in [0.2, 0.25) is 4.34 Å². The fourth-order valence-corrected chi connectivity index (χ4v) is 4.82. The molecule has 0 saturated heterocycles. The summed E-state index contributed by atoms with van der Waals surface area (Å²) in [4.78, 5) is 1.07. The Kier molecular flexibility index (Phi) is 3.00. The molecule has 2 aliphatic rings. The SMILES string of the molecule is OC1(c2ccc(Cl)s2)CCC2(CCCC2)CC1. The van der Waals surface area contributed by atoms with E-state index in [-0.39, 0.29) is 0 Å². The van der Waals surface area contributed by atoms with Crippen LogP contribution in [-0.2, 0) is 5.60 Å². The number of hydrogen-bond acceptors (Lipinski definition) is 2. The standard InChI is InChI=1S/C14H19ClOS/c15-12-4-3-11(17-12)14(16)9-7-13(8-10-14)5-1-2-6-13/h3-4,16H,1-2,5-10H2. The largest absolute Gasteiger partial charge is 0.384 e. The maximum atomic E-state index is 10.8. The smallest absolute Gasteiger partial charge is 0.0988 e. The van der Waals surface area contributed by atoms with Gasteiger partial charge in [-0.05, 0) is 56.1 Å². The van der Waals surface area contributed by atoms with Crippen molar-refractivity contribution in [2.45, 2.75) is 57.0 Å². The van der Waals surface area contributed by atoms with E-state index in [4.69, 9.17) is 11.6 Å². The topological polar surface area (TPSA) is 20.2 Å². The zero-order valence-electron chi connectivity index (χ0n) is 10.0. The van der Waals surface area contributed by atoms with E-state index >= 15 is 0 Å². The monoisotopic (exact) mass is 270 g/mol. The molecule has 0 amide bonds. The number of aliphatic hydroxyl groups is 1. The first-order valence-electron chi connectivity index (χ1n) is 6.60. The highest BCUT2D eigenvalue weighted by atomic mass is 35.5. The van der Waals surface area contributed by atoms with Crippen LogP contribution >= 0.6 is 22.9 Å². The van der Waals surface area contributed by atoms with Gasteiger partial charge < -0.3 is 5.11 Å². The summed E-state index contributed by atoms with van der Waals surface area (Å²) in [6.45, 7) is 0. The highest BCUT2D eigenvalue weighted by molar-refractivity contribution is 7.16. The van der Waals surface area contributed by atoms with Crippen LogP contribution in [0.4, 0.5) is 0 Å². The summed E-state index contributed by atoms with van der Waals surface area (Å²) in [5, 5.41) is 10.8. The molecule has 2 fully saturated rings. The normalized spacial score (nSPS) is 26.5. The van der Waals surface area contributed by atoms with Crippen molar-refractivity contribution in [3.8, 4) is 0 Å². The fraction of sp³-hybridized carbons (Fsp3) is 0.714. The van der Waals surface area contributed by atoms with Crippen LogP contribution in [0.15, 0.2) is 12.1 Å². The molecular formula is C14H19ClOS. The van der Waals surface area contributed by atoms with Gasteiger partial charge in [0.15, 0.2) is 0 Å². The Morgan fingerprint density at radius 2 is 1.65 bits per heavy atom. The van der Waals surface area contributed by atoms with Gasteiger partial charge in [-0.15, -0.1) is 11.3 Å². The molecule has 1 spiro atoms. The van der Waals surface area contributed by atoms with Crippen LogP contribution in [0.25, 0.3) is 0 Å². The predicted octanol–water partition coefficient (Wildman–Crippen LogP) is 4.72. The maximum Gasteiger partial charge on any atom is 0.0988 e. The molecule has 2 aliphatic carbocycles. The van der Waals surface area contributed by atoms with E-state index in [1.54, 1.807) is 0 Å². The summed E-state index contributed by atoms with van der Waals surface area (Å²) >= 11 is 7.51. The van der Waals surface area contributed by atoms with Gasteiger partial charge in [0.25, 0.3) is 0 Å². The Morgan fingerprint density at radius 3 is 2.18 bits per heavy atom. The van der Waals surface area contributed by atoms with Crippen LogP contribution in [0, 0.1) is 5.41 Å². The van der Waals surface area contributed by atoms with Crippen LogP contribution < -0.4 is 0 Å². The number of rotatable bonds is 1. The van der Waals surface area contributed by atoms with Gasteiger partial charge in [-0.3, -0.25) is 0 Å². The molecule has 0 unspecified atom stereocenters. The van der Waals surface area contributed by atoms with Crippen LogP contribution in [0.1, 0.15) is 56.2 Å². The summed E-state index contributed by atoms with van der Waals surface area (Å²) in [6, 6.07) is 3.90. The van der Waals surface area contributed by atoms with Gasteiger partial charge in [-0.1, -0.05) is 24.4 Å². The molecule has 0 aromatic carbocycles. The van der Waals surface area contributed by atoms with Crippen molar-refractivity contribution in [1.82, 2.24) is 0 Å². The average Bonchev–Trinajstić information content (AvgIpc) is 2.94. The third kappa shape index (κ3) is 2.16. The second-order valence-electron chi connectivity index (χ2n) is 5.84. The number of hydrogen-bond donors (Lipinski definition) is 1. The minimum atomic E-state index is -0.592. The second-order valence-corrected chi connectivity index (χ2v) is 7.56. The Balaban J connectivity index is 1.75. The van der Waals surface area contributed by atoms with E-state index in [1.165, 1.54) is 49.9 Å². The molecule has 17 heavy (non-hydrogen) atoms. The first-order chi connectivity index (χ1) is 8.12. The van der Waals surface area contributed by atoms with Gasteiger partial charge in [-0.2, -0.15) is 0 Å². The van der Waals surface area contributed by atoms with E-state index in [1.807, 2.05) is 12.1 Å². The van der Waals surface area contributed by atoms with Crippen molar-refractivity contribution in [1.29, 1.82) is 0 Å². The van der Waals surface area contributed by atoms with Crippen molar-refractivity contribution in [2.75, 3.05) is 0 Å². The van der Waals surface area contributed by atoms with E-state index < -0.39 is 5.60 Å². The number of halogens is 1. The van der Waals surface area contributed by atoms with Crippen molar-refractivity contribution >= 4 is 22.9 Å². The molecule has 1 nitrogen and oxygen atoms in total. The minimum absolute atomic E-state index is 0.577. The van der Waals surface area contributed by atoms with Gasteiger partial charge in [0, 0.05) is 4.88 Å². The summed E-state index contributed by atoms with van der Waals surface area (Å²) in [6.07, 6.45) is 9.78. The van der Waals surface area contributed by atoms with E-state index in [2.05, 4.69) is 0 Å². The molecule has 3 rings (SSSR count). The van der Waals surface area contributed by atoms with Crippen molar-refractivity contribution in [2.24, 2.45) is 5.41 Å². The zero-order chi connectivity index (χ0) is 11.9. The Morgan fingerprint density at radius 1 is 1.00 bits per heavy atom. The van der Waals surface area contributed by atoms with Gasteiger partial charge >= 0.3 is 0 Å². The van der Waals surface area contributed by atoms with E-state index in [9.17, 15) is 5.11 Å². The lowest BCUT2D eigenvalue weighted by Crippen LogP contribution is -2.35. The Hall–Kier alpha value is -0.0500. The molecule has 0 bridgehead atoms. The second kappa shape index (κ2) is 4.25. The molecule has 2 saturated carbocycles. The molecule has 0 atom stereocenters. The van der Waals surface area contributed by atoms with Gasteiger partial charge in [0.05, 0.1) is 9.94 Å². The predicted molar refractivity (Wildman–Crippen MR) is 72.6 cm³/mol. The molecule has 1 aromatic heterocycles. The molecular weight excluding hydrogens is 252 g/mol. The quantitative estimate of drug-likeness (QED) is 0.783. The third-order valence-corrected chi connectivity index (χ3v) is 6.26. The van der Waals surface area contributed by atoms with Crippen LogP contribution in [0.5, 0.6) is 0 Å². The molecule has 0 aliphatic heterocycles. The van der Waals surface area contributed by atoms with E-state index in [0.29, 0.717) is 5.41 Å². The lowest BCUT2D eigenvalue weighted by atomic mass is 9.67. The molecule has 1 N–H and O–H groups in total. The Bertz CT molecular complexity index is 396. The zero-order valence-corrected chi connectivity index (χ0v) is 11.6. The summed E-state index contributed by atoms with van der Waals surface area (Å²) < 4.78 is 0.787. The number of thiophene rings is 1. The van der Waals surface area contributed by atoms with Gasteiger partial charge in [-0.25, -0.2) is 0 Å². The first-order valence-corrected chi connectivity index (χ1v) is 7.80. The first kappa shape index (κ1) is 12.0. The van der Waals surface area contributed by atoms with Gasteiger partial charge in [0.2, 0.25) is 0 Å². The van der Waals surface area contributed by atoms with Gasteiger partial charge in [0.1, 0.15) is 0 Å². The molecule has 3 heteroatoms. The third-order valence-electron chi connectivity index (χ3n) is 4.83. The van der Waals surface area contributed by atoms with Crippen molar-refractivity contribution in [3.63, 3.8) is 0 Å². The fourth-order valence-electron chi connectivity index (χ4n) is 3.63. The van der Waals surface area contributed by atoms with E-state index in [0.717, 1.165) is 22.1 Å². The highest BCUT2D eigenvalue weighted by Crippen LogP contribution is 2.54. The molecule has 1 aromatic rings. The summed E-state index contributed by atoms with van der Waals surface area (Å²) in [5.74, 6) is 0. The maximum absolute atomic E-state index is 10.8. The summed E-state index contributed by atoms with van der Waals surface area (Å²) in [7, 11) is 0. The molecule has 0 radical (unpaired) electrons. The lowest BCUT2D eigenvalue weighted by molar-refractivity contribution is -0.0348. The van der Waals surface area contributed by atoms with Crippen LogP contribution in [-0.4, -0.2) is 5.11 Å². The Labute approximate surface area is 112 Å². The minimum Gasteiger partial charge on any atom is -0.384 e. The van der Waals surface area contributed by atoms with Crippen LogP contribution in [0.3, 0.4) is 0 Å². The van der Waals surface area contributed by atoms with Crippen molar-refractivity contribution < 1.29 is 5.11 Å². The molecule has 1 heterocycles. The lowest BCUT2D eigenvalue weighted by Gasteiger charge is -2.41. The average molecular weight is 271 g/mol. The van der Waals surface area contributed by atoms with Crippen molar-refractivity contribution in [3.05, 3.63) is 21.3 Å². The molecule has 94 valence electrons. The summed E-state index contributed by atoms with van der Waals surface area (Å²) in [5.41, 5.74) is -0.0149. The highest BCUT2D eigenvalue weighted by Gasteiger charge is 2.44.